The molecule has 3 fully saturated rings. The summed E-state index contributed by atoms with van der Waals surface area (Å²) >= 11 is 1.53. The van der Waals surface area contributed by atoms with Crippen molar-refractivity contribution in [2.75, 3.05) is 12.4 Å². The highest BCUT2D eigenvalue weighted by Gasteiger charge is 2.67. The maximum absolute atomic E-state index is 12.4. The van der Waals surface area contributed by atoms with Crippen molar-refractivity contribution in [3.8, 4) is 0 Å². The number of nitrogens with one attached hydrogen (secondary N) is 2. The maximum atomic E-state index is 12.4. The normalized spacial score (nSPS) is 38.6. The molecule has 3 saturated carbocycles. The first-order valence-electron chi connectivity index (χ1n) is 7.62. The van der Waals surface area contributed by atoms with E-state index in [1.54, 1.807) is 0 Å². The van der Waals surface area contributed by atoms with Gasteiger partial charge in [-0.25, -0.2) is 4.98 Å². The quantitative estimate of drug-likeness (QED) is 0.896. The highest BCUT2D eigenvalue weighted by atomic mass is 32.1. The number of thiazole rings is 1. The molecule has 1 amide bonds. The Labute approximate surface area is 123 Å². The number of nitrogens with zero attached hydrogens (tertiary/aromatic N) is 1. The van der Waals surface area contributed by atoms with Gasteiger partial charge >= 0.3 is 0 Å². The van der Waals surface area contributed by atoms with Crippen LogP contribution < -0.4 is 10.6 Å². The van der Waals surface area contributed by atoms with Crippen LogP contribution in [-0.2, 0) is 4.79 Å². The van der Waals surface area contributed by atoms with E-state index in [9.17, 15) is 4.79 Å². The minimum absolute atomic E-state index is 0.217. The van der Waals surface area contributed by atoms with Crippen LogP contribution in [0.1, 0.15) is 37.9 Å². The van der Waals surface area contributed by atoms with Crippen molar-refractivity contribution in [3.63, 3.8) is 0 Å². The van der Waals surface area contributed by atoms with Crippen molar-refractivity contribution in [2.45, 2.75) is 32.2 Å². The first-order valence-corrected chi connectivity index (χ1v) is 8.50. The van der Waals surface area contributed by atoms with Gasteiger partial charge in [0.1, 0.15) is 0 Å². The average Bonchev–Trinajstić information content (AvgIpc) is 2.84. The van der Waals surface area contributed by atoms with E-state index in [1.165, 1.54) is 30.6 Å². The molecule has 3 aliphatic carbocycles. The van der Waals surface area contributed by atoms with E-state index in [-0.39, 0.29) is 17.9 Å². The molecule has 108 valence electrons. The van der Waals surface area contributed by atoms with Crippen LogP contribution in [0, 0.1) is 29.6 Å². The lowest BCUT2D eigenvalue weighted by molar-refractivity contribution is -0.118. The maximum Gasteiger partial charge on any atom is 0.229 e. The predicted molar refractivity (Wildman–Crippen MR) is 79.5 cm³/mol. The summed E-state index contributed by atoms with van der Waals surface area (Å²) in [5, 5.41) is 8.98. The van der Waals surface area contributed by atoms with Crippen molar-refractivity contribution in [3.05, 3.63) is 11.1 Å². The van der Waals surface area contributed by atoms with Crippen LogP contribution in [-0.4, -0.2) is 17.9 Å². The highest BCUT2D eigenvalue weighted by Crippen LogP contribution is 2.69. The van der Waals surface area contributed by atoms with Gasteiger partial charge in [-0.1, -0.05) is 0 Å². The second kappa shape index (κ2) is 4.53. The molecule has 20 heavy (non-hydrogen) atoms. The molecule has 0 spiro atoms. The number of rotatable bonds is 4. The molecule has 0 saturated heterocycles. The lowest BCUT2D eigenvalue weighted by Crippen LogP contribution is -2.18. The molecule has 5 heteroatoms. The molecular weight excluding hydrogens is 270 g/mol. The fourth-order valence-electron chi connectivity index (χ4n) is 4.55. The smallest absolute Gasteiger partial charge is 0.229 e. The summed E-state index contributed by atoms with van der Waals surface area (Å²) in [5.41, 5.74) is 1.00. The molecule has 5 unspecified atom stereocenters. The second-order valence-electron chi connectivity index (χ2n) is 6.59. The Morgan fingerprint density at radius 2 is 2.10 bits per heavy atom. The largest absolute Gasteiger partial charge is 0.312 e. The zero-order valence-electron chi connectivity index (χ0n) is 11.9. The fourth-order valence-corrected chi connectivity index (χ4v) is 5.36. The molecule has 1 heterocycles. The summed E-state index contributed by atoms with van der Waals surface area (Å²) in [6, 6.07) is 0.230. The van der Waals surface area contributed by atoms with E-state index in [0.717, 1.165) is 22.7 Å². The lowest BCUT2D eigenvalue weighted by atomic mass is 10.0. The van der Waals surface area contributed by atoms with Crippen LogP contribution in [0.25, 0.3) is 0 Å². The number of aromatic nitrogens is 1. The zero-order valence-corrected chi connectivity index (χ0v) is 12.7. The third-order valence-electron chi connectivity index (χ3n) is 5.67. The molecule has 3 aliphatic rings. The number of fused-ring (bicyclic) bond motifs is 5. The molecular formula is C15H21N3OS. The molecule has 4 rings (SSSR count). The molecule has 0 radical (unpaired) electrons. The molecule has 5 atom stereocenters. The van der Waals surface area contributed by atoms with Crippen LogP contribution in [0.2, 0.25) is 0 Å². The third-order valence-corrected chi connectivity index (χ3v) is 6.44. The van der Waals surface area contributed by atoms with Crippen molar-refractivity contribution in [1.29, 1.82) is 0 Å². The van der Waals surface area contributed by atoms with Crippen molar-refractivity contribution >= 4 is 22.4 Å². The summed E-state index contributed by atoms with van der Waals surface area (Å²) in [6.45, 7) is 2.07. The van der Waals surface area contributed by atoms with Crippen LogP contribution in [0.15, 0.2) is 5.38 Å². The van der Waals surface area contributed by atoms with E-state index in [0.29, 0.717) is 11.8 Å². The standard InChI is InChI=1S/C15H21N3OS/c1-7(16-2)10-6-20-15(17-10)18-14(19)13-11-8-3-4-9(5-8)12(11)13/h6-9,11-13,16H,3-5H2,1-2H3,(H,17,18,19). The Kier molecular flexibility index (Phi) is 2.89. The summed E-state index contributed by atoms with van der Waals surface area (Å²) in [6.07, 6.45) is 4.10. The topological polar surface area (TPSA) is 54.0 Å². The predicted octanol–water partition coefficient (Wildman–Crippen LogP) is 2.65. The minimum atomic E-state index is 0.217. The van der Waals surface area contributed by atoms with E-state index in [4.69, 9.17) is 0 Å². The Morgan fingerprint density at radius 1 is 1.40 bits per heavy atom. The van der Waals surface area contributed by atoms with Gasteiger partial charge in [0.15, 0.2) is 5.13 Å². The first kappa shape index (κ1) is 12.8. The molecule has 4 nitrogen and oxygen atoms in total. The van der Waals surface area contributed by atoms with Gasteiger partial charge in [0, 0.05) is 17.3 Å². The van der Waals surface area contributed by atoms with Gasteiger partial charge in [-0.2, -0.15) is 0 Å². The number of carbonyl (C=O) groups excluding carboxylic acids is 1. The number of hydrogen-bond acceptors (Lipinski definition) is 4. The van der Waals surface area contributed by atoms with Crippen LogP contribution in [0.3, 0.4) is 0 Å². The van der Waals surface area contributed by atoms with Crippen molar-refractivity contribution < 1.29 is 4.79 Å². The summed E-state index contributed by atoms with van der Waals surface area (Å²) in [7, 11) is 1.92. The molecule has 0 aliphatic heterocycles. The molecule has 2 bridgehead atoms. The van der Waals surface area contributed by atoms with E-state index in [1.807, 2.05) is 12.4 Å². The lowest BCUT2D eigenvalue weighted by Gasteiger charge is -2.08. The zero-order chi connectivity index (χ0) is 13.9. The van der Waals surface area contributed by atoms with E-state index >= 15 is 0 Å². The van der Waals surface area contributed by atoms with Gasteiger partial charge in [-0.3, -0.25) is 4.79 Å². The number of amides is 1. The highest BCUT2D eigenvalue weighted by molar-refractivity contribution is 7.13. The number of anilines is 1. The Balaban J connectivity index is 1.40. The van der Waals surface area contributed by atoms with Crippen LogP contribution >= 0.6 is 11.3 Å². The summed E-state index contributed by atoms with van der Waals surface area (Å²) in [5.74, 6) is 3.59. The van der Waals surface area contributed by atoms with Crippen molar-refractivity contribution in [1.82, 2.24) is 10.3 Å². The Hall–Kier alpha value is -0.940. The van der Waals surface area contributed by atoms with Gasteiger partial charge in [-0.15, -0.1) is 11.3 Å². The van der Waals surface area contributed by atoms with Gasteiger partial charge in [0.05, 0.1) is 5.69 Å². The van der Waals surface area contributed by atoms with Gasteiger partial charge in [0.2, 0.25) is 5.91 Å². The summed E-state index contributed by atoms with van der Waals surface area (Å²) < 4.78 is 0. The minimum Gasteiger partial charge on any atom is -0.312 e. The Bertz CT molecular complexity index is 527. The molecule has 0 aromatic carbocycles. The van der Waals surface area contributed by atoms with Crippen LogP contribution in [0.4, 0.5) is 5.13 Å². The fraction of sp³-hybridized carbons (Fsp3) is 0.733. The second-order valence-corrected chi connectivity index (χ2v) is 7.45. The van der Waals surface area contributed by atoms with Crippen molar-refractivity contribution in [2.24, 2.45) is 29.6 Å². The SMILES string of the molecule is CNC(C)c1csc(NC(=O)C2C3C4CCC(C4)C23)n1. The molecule has 1 aromatic rings. The van der Waals surface area contributed by atoms with Gasteiger partial charge in [0.25, 0.3) is 0 Å². The number of carbonyl (C=O) groups is 1. The van der Waals surface area contributed by atoms with Gasteiger partial charge in [-0.05, 0) is 56.9 Å². The third kappa shape index (κ3) is 1.83. The van der Waals surface area contributed by atoms with E-state index < -0.39 is 0 Å². The average molecular weight is 291 g/mol. The van der Waals surface area contributed by atoms with Crippen LogP contribution in [0.5, 0.6) is 0 Å². The number of hydrogen-bond donors (Lipinski definition) is 2. The Morgan fingerprint density at radius 3 is 2.75 bits per heavy atom. The first-order chi connectivity index (χ1) is 9.69. The summed E-state index contributed by atoms with van der Waals surface area (Å²) in [4.78, 5) is 16.9. The van der Waals surface area contributed by atoms with Gasteiger partial charge < -0.3 is 10.6 Å². The monoisotopic (exact) mass is 291 g/mol. The molecule has 1 aromatic heterocycles. The molecule has 2 N–H and O–H groups in total. The van der Waals surface area contributed by atoms with E-state index in [2.05, 4.69) is 22.5 Å².